The number of halogens is 4. The fraction of sp³-hybridized carbons (Fsp3) is 0.211. The molecule has 0 aliphatic heterocycles. The normalized spacial score (nSPS) is 11.4. The van der Waals surface area contributed by atoms with Gasteiger partial charge in [-0.25, -0.2) is 0 Å². The molecule has 0 fully saturated rings. The Morgan fingerprint density at radius 1 is 1.04 bits per heavy atom. The Morgan fingerprint density at radius 2 is 1.71 bits per heavy atom. The third kappa shape index (κ3) is 4.89. The van der Waals surface area contributed by atoms with Crippen LogP contribution in [0.2, 0.25) is 5.02 Å². The summed E-state index contributed by atoms with van der Waals surface area (Å²) in [6.45, 7) is 0. The van der Waals surface area contributed by atoms with Crippen LogP contribution in [0.3, 0.4) is 0 Å². The van der Waals surface area contributed by atoms with Crippen LogP contribution in [0.4, 0.5) is 18.9 Å². The standard InChI is InChI=1S/C19H17ClF3NO4/c1-26-15-8-4-11(17(27-2)18(15)28-3)5-9-16(25)24-12-6-7-14(20)13(10-12)19(21,22)23/h4-10H,1-3H3,(H,24,25). The molecule has 1 amide bonds. The number of hydrogen-bond acceptors (Lipinski definition) is 4. The maximum atomic E-state index is 12.9. The van der Waals surface area contributed by atoms with Crippen molar-refractivity contribution in [1.82, 2.24) is 0 Å². The Hall–Kier alpha value is -2.87. The van der Waals surface area contributed by atoms with E-state index in [1.165, 1.54) is 33.5 Å². The highest BCUT2D eigenvalue weighted by atomic mass is 35.5. The molecular weight excluding hydrogens is 399 g/mol. The molecule has 2 rings (SSSR count). The largest absolute Gasteiger partial charge is 0.493 e. The van der Waals surface area contributed by atoms with Crippen LogP contribution in [0.25, 0.3) is 6.08 Å². The second-order valence-corrected chi connectivity index (χ2v) is 5.85. The highest BCUT2D eigenvalue weighted by Crippen LogP contribution is 2.40. The van der Waals surface area contributed by atoms with Crippen molar-refractivity contribution in [1.29, 1.82) is 0 Å². The zero-order chi connectivity index (χ0) is 20.9. The van der Waals surface area contributed by atoms with Gasteiger partial charge in [-0.3, -0.25) is 4.79 Å². The van der Waals surface area contributed by atoms with E-state index < -0.39 is 22.7 Å². The fourth-order valence-electron chi connectivity index (χ4n) is 2.43. The van der Waals surface area contributed by atoms with Crippen molar-refractivity contribution in [3.05, 3.63) is 52.6 Å². The van der Waals surface area contributed by atoms with Gasteiger partial charge in [0.05, 0.1) is 31.9 Å². The summed E-state index contributed by atoms with van der Waals surface area (Å²) in [5.74, 6) is 0.505. The van der Waals surface area contributed by atoms with E-state index in [2.05, 4.69) is 5.32 Å². The predicted molar refractivity (Wildman–Crippen MR) is 100 cm³/mol. The van der Waals surface area contributed by atoms with Crippen LogP contribution in [0.5, 0.6) is 17.2 Å². The SMILES string of the molecule is COc1ccc(C=CC(=O)Nc2ccc(Cl)c(C(F)(F)F)c2)c(OC)c1OC. The number of ether oxygens (including phenoxy) is 3. The van der Waals surface area contributed by atoms with Crippen LogP contribution in [0.1, 0.15) is 11.1 Å². The molecule has 28 heavy (non-hydrogen) atoms. The molecule has 0 radical (unpaired) electrons. The van der Waals surface area contributed by atoms with Gasteiger partial charge in [-0.2, -0.15) is 13.2 Å². The number of alkyl halides is 3. The molecule has 2 aromatic rings. The summed E-state index contributed by atoms with van der Waals surface area (Å²) in [7, 11) is 4.35. The molecule has 0 aromatic heterocycles. The molecule has 0 atom stereocenters. The lowest BCUT2D eigenvalue weighted by molar-refractivity contribution is -0.137. The summed E-state index contributed by atoms with van der Waals surface area (Å²) in [6, 6.07) is 6.40. The van der Waals surface area contributed by atoms with E-state index in [-0.39, 0.29) is 5.69 Å². The molecule has 0 saturated heterocycles. The molecule has 150 valence electrons. The number of rotatable bonds is 6. The zero-order valence-electron chi connectivity index (χ0n) is 15.2. The Labute approximate surface area is 164 Å². The van der Waals surface area contributed by atoms with E-state index in [0.29, 0.717) is 22.8 Å². The summed E-state index contributed by atoms with van der Waals surface area (Å²) in [4.78, 5) is 12.1. The van der Waals surface area contributed by atoms with Crippen molar-refractivity contribution in [3.63, 3.8) is 0 Å². The molecule has 9 heteroatoms. The number of nitrogens with one attached hydrogen (secondary N) is 1. The first-order valence-corrected chi connectivity index (χ1v) is 8.23. The number of amides is 1. The van der Waals surface area contributed by atoms with E-state index >= 15 is 0 Å². The lowest BCUT2D eigenvalue weighted by atomic mass is 10.1. The molecule has 0 aliphatic rings. The molecule has 0 spiro atoms. The van der Waals surface area contributed by atoms with Crippen molar-refractivity contribution in [2.45, 2.75) is 6.18 Å². The highest BCUT2D eigenvalue weighted by molar-refractivity contribution is 6.31. The summed E-state index contributed by atoms with van der Waals surface area (Å²) in [5.41, 5.74) is -0.550. The first kappa shape index (κ1) is 21.4. The monoisotopic (exact) mass is 415 g/mol. The number of benzene rings is 2. The number of methoxy groups -OCH3 is 3. The van der Waals surface area contributed by atoms with Crippen LogP contribution in [0, 0.1) is 0 Å². The third-order valence-corrected chi connectivity index (χ3v) is 4.02. The minimum Gasteiger partial charge on any atom is -0.493 e. The van der Waals surface area contributed by atoms with Crippen molar-refractivity contribution in [3.8, 4) is 17.2 Å². The molecule has 0 bridgehead atoms. The Balaban J connectivity index is 2.23. The first-order valence-electron chi connectivity index (χ1n) is 7.86. The molecule has 5 nitrogen and oxygen atoms in total. The van der Waals surface area contributed by atoms with Gasteiger partial charge in [-0.15, -0.1) is 0 Å². The minimum absolute atomic E-state index is 0.0364. The lowest BCUT2D eigenvalue weighted by Gasteiger charge is -2.14. The highest BCUT2D eigenvalue weighted by Gasteiger charge is 2.33. The van der Waals surface area contributed by atoms with Crippen LogP contribution < -0.4 is 19.5 Å². The number of carbonyl (C=O) groups is 1. The fourth-order valence-corrected chi connectivity index (χ4v) is 2.65. The van der Waals surface area contributed by atoms with Crippen LogP contribution in [-0.2, 0) is 11.0 Å². The molecule has 2 aromatic carbocycles. The summed E-state index contributed by atoms with van der Waals surface area (Å²) in [6.07, 6.45) is -2.02. The Kier molecular flexibility index (Phi) is 6.80. The van der Waals surface area contributed by atoms with Crippen LogP contribution in [0.15, 0.2) is 36.4 Å². The molecule has 0 aliphatic carbocycles. The smallest absolute Gasteiger partial charge is 0.417 e. The number of anilines is 1. The molecule has 0 unspecified atom stereocenters. The maximum Gasteiger partial charge on any atom is 0.417 e. The second-order valence-electron chi connectivity index (χ2n) is 5.44. The summed E-state index contributed by atoms with van der Waals surface area (Å²) in [5, 5.41) is 1.91. The quantitative estimate of drug-likeness (QED) is 0.672. The van der Waals surface area contributed by atoms with Gasteiger partial charge in [0, 0.05) is 17.3 Å². The third-order valence-electron chi connectivity index (χ3n) is 3.69. The topological polar surface area (TPSA) is 56.8 Å². The number of carbonyl (C=O) groups excluding carboxylic acids is 1. The van der Waals surface area contributed by atoms with Crippen LogP contribution in [-0.4, -0.2) is 27.2 Å². The van der Waals surface area contributed by atoms with E-state index in [1.54, 1.807) is 12.1 Å². The number of hydrogen-bond donors (Lipinski definition) is 1. The van der Waals surface area contributed by atoms with E-state index in [0.717, 1.165) is 18.2 Å². The molecule has 1 N–H and O–H groups in total. The summed E-state index contributed by atoms with van der Waals surface area (Å²) >= 11 is 5.56. The average molecular weight is 416 g/mol. The minimum atomic E-state index is -4.62. The van der Waals surface area contributed by atoms with Crippen molar-refractivity contribution < 1.29 is 32.2 Å². The lowest BCUT2D eigenvalue weighted by Crippen LogP contribution is -2.11. The van der Waals surface area contributed by atoms with Gasteiger partial charge < -0.3 is 19.5 Å². The molecule has 0 saturated carbocycles. The average Bonchev–Trinajstić information content (AvgIpc) is 2.65. The maximum absolute atomic E-state index is 12.9. The van der Waals surface area contributed by atoms with Crippen molar-refractivity contribution in [2.24, 2.45) is 0 Å². The van der Waals surface area contributed by atoms with Gasteiger partial charge in [0.2, 0.25) is 11.7 Å². The van der Waals surface area contributed by atoms with Gasteiger partial charge in [-0.05, 0) is 36.4 Å². The molecular formula is C19H17ClF3NO4. The van der Waals surface area contributed by atoms with E-state index in [1.807, 2.05) is 0 Å². The van der Waals surface area contributed by atoms with Gasteiger partial charge in [0.15, 0.2) is 11.5 Å². The zero-order valence-corrected chi connectivity index (χ0v) is 15.9. The summed E-state index contributed by atoms with van der Waals surface area (Å²) < 4.78 is 54.4. The van der Waals surface area contributed by atoms with Gasteiger partial charge in [0.25, 0.3) is 0 Å². The predicted octanol–water partition coefficient (Wildman–Crippen LogP) is 5.04. The Morgan fingerprint density at radius 3 is 2.29 bits per heavy atom. The van der Waals surface area contributed by atoms with Gasteiger partial charge >= 0.3 is 6.18 Å². The van der Waals surface area contributed by atoms with Gasteiger partial charge in [-0.1, -0.05) is 11.6 Å². The molecule has 0 heterocycles. The van der Waals surface area contributed by atoms with Crippen molar-refractivity contribution >= 4 is 29.3 Å². The van der Waals surface area contributed by atoms with E-state index in [9.17, 15) is 18.0 Å². The van der Waals surface area contributed by atoms with Gasteiger partial charge in [0.1, 0.15) is 0 Å². The first-order chi connectivity index (χ1) is 13.2. The van der Waals surface area contributed by atoms with Crippen LogP contribution >= 0.6 is 11.6 Å². The van der Waals surface area contributed by atoms with E-state index in [4.69, 9.17) is 25.8 Å². The van der Waals surface area contributed by atoms with Crippen molar-refractivity contribution in [2.75, 3.05) is 26.6 Å². The second kappa shape index (κ2) is 8.88. The Bertz CT molecular complexity index is 897.